The van der Waals surface area contributed by atoms with Gasteiger partial charge in [0.1, 0.15) is 0 Å². The lowest BCUT2D eigenvalue weighted by Crippen LogP contribution is -2.27. The number of fused-ring (bicyclic) bond motifs is 1. The number of nitrogens with zero attached hydrogens (tertiary/aromatic N) is 2. The van der Waals surface area contributed by atoms with Crippen LogP contribution in [-0.2, 0) is 0 Å². The van der Waals surface area contributed by atoms with Gasteiger partial charge in [0, 0.05) is 17.8 Å². The summed E-state index contributed by atoms with van der Waals surface area (Å²) in [6, 6.07) is 6.65. The van der Waals surface area contributed by atoms with Crippen molar-refractivity contribution in [3.8, 4) is 0 Å². The second-order valence-corrected chi connectivity index (χ2v) is 4.74. The molecule has 18 heavy (non-hydrogen) atoms. The molecule has 1 unspecified atom stereocenters. The van der Waals surface area contributed by atoms with Gasteiger partial charge in [-0.25, -0.2) is 4.52 Å². The largest absolute Gasteiger partial charge is 0.310 e. The summed E-state index contributed by atoms with van der Waals surface area (Å²) >= 11 is 0. The molecule has 0 fully saturated rings. The van der Waals surface area contributed by atoms with Crippen molar-refractivity contribution in [3.05, 3.63) is 36.2 Å². The molecule has 0 aliphatic heterocycles. The van der Waals surface area contributed by atoms with Crippen LogP contribution in [0.1, 0.15) is 45.2 Å². The van der Waals surface area contributed by atoms with Crippen LogP contribution in [0.4, 0.5) is 0 Å². The SMILES string of the molecule is CCNC(c1cnn2ccccc12)C(CC)CC. The Morgan fingerprint density at radius 2 is 2.00 bits per heavy atom. The third-order valence-electron chi connectivity index (χ3n) is 3.74. The second-order valence-electron chi connectivity index (χ2n) is 4.74. The number of hydrogen-bond acceptors (Lipinski definition) is 2. The summed E-state index contributed by atoms with van der Waals surface area (Å²) < 4.78 is 1.96. The Labute approximate surface area is 109 Å². The smallest absolute Gasteiger partial charge is 0.0709 e. The number of nitrogens with one attached hydrogen (secondary N) is 1. The molecule has 1 N–H and O–H groups in total. The fourth-order valence-electron chi connectivity index (χ4n) is 2.70. The highest BCUT2D eigenvalue weighted by molar-refractivity contribution is 5.55. The molecule has 2 aromatic rings. The van der Waals surface area contributed by atoms with Crippen molar-refractivity contribution in [2.45, 2.75) is 39.7 Å². The maximum absolute atomic E-state index is 4.45. The van der Waals surface area contributed by atoms with Gasteiger partial charge in [-0.3, -0.25) is 0 Å². The highest BCUT2D eigenvalue weighted by Crippen LogP contribution is 2.29. The molecule has 0 aliphatic rings. The Balaban J connectivity index is 2.41. The van der Waals surface area contributed by atoms with Crippen LogP contribution in [0.2, 0.25) is 0 Å². The molecule has 98 valence electrons. The third-order valence-corrected chi connectivity index (χ3v) is 3.74. The summed E-state index contributed by atoms with van der Waals surface area (Å²) in [5.41, 5.74) is 2.54. The monoisotopic (exact) mass is 245 g/mol. The van der Waals surface area contributed by atoms with Gasteiger partial charge in [0.25, 0.3) is 0 Å². The van der Waals surface area contributed by atoms with Crippen LogP contribution in [0.15, 0.2) is 30.6 Å². The molecular formula is C15H23N3. The van der Waals surface area contributed by atoms with E-state index < -0.39 is 0 Å². The number of rotatable bonds is 6. The predicted octanol–water partition coefficient (Wildman–Crippen LogP) is 3.42. The molecule has 3 heteroatoms. The highest BCUT2D eigenvalue weighted by Gasteiger charge is 2.22. The number of aromatic nitrogens is 2. The summed E-state index contributed by atoms with van der Waals surface area (Å²) in [4.78, 5) is 0. The molecule has 0 amide bonds. The van der Waals surface area contributed by atoms with Crippen LogP contribution in [0.5, 0.6) is 0 Å². The van der Waals surface area contributed by atoms with E-state index in [9.17, 15) is 0 Å². The van der Waals surface area contributed by atoms with Gasteiger partial charge in [-0.2, -0.15) is 5.10 Å². The lowest BCUT2D eigenvalue weighted by Gasteiger charge is -2.25. The van der Waals surface area contributed by atoms with Gasteiger partial charge in [-0.05, 0) is 24.6 Å². The van der Waals surface area contributed by atoms with Crippen molar-refractivity contribution in [1.82, 2.24) is 14.9 Å². The average Bonchev–Trinajstić information content (AvgIpc) is 2.83. The van der Waals surface area contributed by atoms with Gasteiger partial charge in [-0.15, -0.1) is 0 Å². The molecule has 3 nitrogen and oxygen atoms in total. The summed E-state index contributed by atoms with van der Waals surface area (Å²) in [7, 11) is 0. The van der Waals surface area contributed by atoms with E-state index in [-0.39, 0.29) is 0 Å². The quantitative estimate of drug-likeness (QED) is 0.845. The first kappa shape index (κ1) is 13.1. The van der Waals surface area contributed by atoms with Gasteiger partial charge >= 0.3 is 0 Å². The summed E-state index contributed by atoms with van der Waals surface area (Å²) in [6.07, 6.45) is 6.41. The van der Waals surface area contributed by atoms with Crippen molar-refractivity contribution in [2.24, 2.45) is 5.92 Å². The first-order valence-electron chi connectivity index (χ1n) is 6.97. The van der Waals surface area contributed by atoms with E-state index in [0.29, 0.717) is 12.0 Å². The molecule has 0 radical (unpaired) electrons. The molecule has 2 heterocycles. The zero-order valence-corrected chi connectivity index (χ0v) is 11.6. The van der Waals surface area contributed by atoms with Gasteiger partial charge in [0.15, 0.2) is 0 Å². The van der Waals surface area contributed by atoms with E-state index in [1.165, 1.54) is 23.9 Å². The Morgan fingerprint density at radius 1 is 1.22 bits per heavy atom. The number of hydrogen-bond donors (Lipinski definition) is 1. The zero-order valence-electron chi connectivity index (χ0n) is 11.6. The van der Waals surface area contributed by atoms with E-state index >= 15 is 0 Å². The average molecular weight is 245 g/mol. The molecule has 0 saturated heterocycles. The van der Waals surface area contributed by atoms with E-state index in [1.807, 2.05) is 23.0 Å². The maximum atomic E-state index is 4.45. The lowest BCUT2D eigenvalue weighted by molar-refractivity contribution is 0.348. The topological polar surface area (TPSA) is 29.3 Å². The predicted molar refractivity (Wildman–Crippen MR) is 75.7 cm³/mol. The first-order valence-corrected chi connectivity index (χ1v) is 6.97. The summed E-state index contributed by atoms with van der Waals surface area (Å²) in [6.45, 7) is 7.70. The Kier molecular flexibility index (Phi) is 4.37. The van der Waals surface area contributed by atoms with Crippen LogP contribution in [-0.4, -0.2) is 16.2 Å². The standard InChI is InChI=1S/C15H23N3/c1-4-12(5-2)15(16-6-3)13-11-17-18-10-8-7-9-14(13)18/h7-12,15-16H,4-6H2,1-3H3. The molecule has 0 spiro atoms. The van der Waals surface area contributed by atoms with Gasteiger partial charge in [-0.1, -0.05) is 39.7 Å². The molecule has 2 aromatic heterocycles. The van der Waals surface area contributed by atoms with Crippen molar-refractivity contribution in [2.75, 3.05) is 6.54 Å². The minimum Gasteiger partial charge on any atom is -0.310 e. The molecule has 0 aromatic carbocycles. The minimum absolute atomic E-state index is 0.407. The van der Waals surface area contributed by atoms with Crippen molar-refractivity contribution < 1.29 is 0 Å². The van der Waals surface area contributed by atoms with Crippen molar-refractivity contribution in [3.63, 3.8) is 0 Å². The fraction of sp³-hybridized carbons (Fsp3) is 0.533. The van der Waals surface area contributed by atoms with Crippen LogP contribution in [0.25, 0.3) is 5.52 Å². The maximum Gasteiger partial charge on any atom is 0.0709 e. The van der Waals surface area contributed by atoms with Crippen LogP contribution < -0.4 is 5.32 Å². The Hall–Kier alpha value is -1.35. The van der Waals surface area contributed by atoms with Gasteiger partial charge in [0.2, 0.25) is 0 Å². The lowest BCUT2D eigenvalue weighted by atomic mass is 9.89. The van der Waals surface area contributed by atoms with E-state index in [0.717, 1.165) is 6.54 Å². The van der Waals surface area contributed by atoms with E-state index in [4.69, 9.17) is 0 Å². The fourth-order valence-corrected chi connectivity index (χ4v) is 2.70. The molecule has 0 aliphatic carbocycles. The molecule has 2 rings (SSSR count). The van der Waals surface area contributed by atoms with Gasteiger partial charge in [0.05, 0.1) is 11.7 Å². The van der Waals surface area contributed by atoms with E-state index in [2.05, 4.69) is 43.3 Å². The highest BCUT2D eigenvalue weighted by atomic mass is 15.2. The summed E-state index contributed by atoms with van der Waals surface area (Å²) in [5, 5.41) is 8.08. The molecule has 0 bridgehead atoms. The normalized spacial score (nSPS) is 13.3. The molecule has 0 saturated carbocycles. The number of pyridine rings is 1. The van der Waals surface area contributed by atoms with E-state index in [1.54, 1.807) is 0 Å². The van der Waals surface area contributed by atoms with Crippen LogP contribution in [0, 0.1) is 5.92 Å². The van der Waals surface area contributed by atoms with Crippen molar-refractivity contribution >= 4 is 5.52 Å². The molecular weight excluding hydrogens is 222 g/mol. The zero-order chi connectivity index (χ0) is 13.0. The Morgan fingerprint density at radius 3 is 2.67 bits per heavy atom. The van der Waals surface area contributed by atoms with Gasteiger partial charge < -0.3 is 5.32 Å². The second kappa shape index (κ2) is 6.01. The third kappa shape index (κ3) is 2.41. The van der Waals surface area contributed by atoms with Crippen molar-refractivity contribution in [1.29, 1.82) is 0 Å². The Bertz CT molecular complexity index is 485. The summed E-state index contributed by atoms with van der Waals surface area (Å²) in [5.74, 6) is 0.665. The van der Waals surface area contributed by atoms with Crippen LogP contribution >= 0.6 is 0 Å². The minimum atomic E-state index is 0.407. The first-order chi connectivity index (χ1) is 8.81. The van der Waals surface area contributed by atoms with Crippen LogP contribution in [0.3, 0.4) is 0 Å². The molecule has 1 atom stereocenters.